The highest BCUT2D eigenvalue weighted by atomic mass is 16.5. The van der Waals surface area contributed by atoms with Crippen molar-refractivity contribution in [1.82, 2.24) is 0 Å². The lowest BCUT2D eigenvalue weighted by Crippen LogP contribution is -2.36. The molecule has 2 N–H and O–H groups in total. The molecule has 0 aromatic carbocycles. The van der Waals surface area contributed by atoms with E-state index in [0.29, 0.717) is 6.54 Å². The van der Waals surface area contributed by atoms with Crippen LogP contribution in [0.25, 0.3) is 0 Å². The molecule has 1 fully saturated rings. The zero-order valence-electron chi connectivity index (χ0n) is 10.1. The highest BCUT2D eigenvalue weighted by Crippen LogP contribution is 2.20. The van der Waals surface area contributed by atoms with Gasteiger partial charge in [-0.05, 0) is 26.7 Å². The number of nitrogens with two attached hydrogens (primary N) is 1. The Hall–Kier alpha value is -0.480. The van der Waals surface area contributed by atoms with Crippen LogP contribution in [0.4, 0.5) is 0 Å². The monoisotopic (exact) mass is 213 g/mol. The van der Waals surface area contributed by atoms with Crippen molar-refractivity contribution >= 4 is 0 Å². The fourth-order valence-corrected chi connectivity index (χ4v) is 1.66. The second-order valence-corrected chi connectivity index (χ2v) is 4.89. The second-order valence-electron chi connectivity index (χ2n) is 4.89. The van der Waals surface area contributed by atoms with Gasteiger partial charge in [-0.1, -0.05) is 12.8 Å². The van der Waals surface area contributed by atoms with Gasteiger partial charge in [0.1, 0.15) is 0 Å². The van der Waals surface area contributed by atoms with Gasteiger partial charge in [-0.25, -0.2) is 0 Å². The molecule has 1 aliphatic rings. The van der Waals surface area contributed by atoms with Crippen molar-refractivity contribution in [2.45, 2.75) is 57.2 Å². The Balaban J connectivity index is 2.36. The van der Waals surface area contributed by atoms with Gasteiger partial charge in [-0.15, -0.1) is 0 Å². The normalized spacial score (nSPS) is 28.5. The standard InChI is InChI=1S/C11H23N3O/c1-11(2,15-3)8-13-14-10-7-5-4-6-9(10)12/h9-10H,4-8,12H2,1-3H3/t9-,10+/m0/s1. The van der Waals surface area contributed by atoms with Crippen molar-refractivity contribution in [3.05, 3.63) is 0 Å². The van der Waals surface area contributed by atoms with Crippen molar-refractivity contribution in [2.24, 2.45) is 16.0 Å². The van der Waals surface area contributed by atoms with Crippen molar-refractivity contribution in [3.63, 3.8) is 0 Å². The summed E-state index contributed by atoms with van der Waals surface area (Å²) in [4.78, 5) is 0. The SMILES string of the molecule is COC(C)(C)CN=N[C@@H]1CCCC[C@@H]1N. The lowest BCUT2D eigenvalue weighted by Gasteiger charge is -2.25. The highest BCUT2D eigenvalue weighted by Gasteiger charge is 2.22. The minimum Gasteiger partial charge on any atom is -0.377 e. The molecule has 0 unspecified atom stereocenters. The van der Waals surface area contributed by atoms with Gasteiger partial charge in [0, 0.05) is 13.2 Å². The van der Waals surface area contributed by atoms with E-state index in [2.05, 4.69) is 10.2 Å². The average molecular weight is 213 g/mol. The van der Waals surface area contributed by atoms with E-state index in [0.717, 1.165) is 12.8 Å². The van der Waals surface area contributed by atoms with Crippen LogP contribution in [0.1, 0.15) is 39.5 Å². The zero-order chi connectivity index (χ0) is 11.3. The summed E-state index contributed by atoms with van der Waals surface area (Å²) >= 11 is 0. The Morgan fingerprint density at radius 3 is 2.60 bits per heavy atom. The summed E-state index contributed by atoms with van der Waals surface area (Å²) in [5, 5.41) is 8.53. The van der Waals surface area contributed by atoms with Crippen LogP contribution in [-0.2, 0) is 4.74 Å². The van der Waals surface area contributed by atoms with E-state index in [1.807, 2.05) is 13.8 Å². The lowest BCUT2D eigenvalue weighted by molar-refractivity contribution is 0.0295. The Bertz CT molecular complexity index is 216. The summed E-state index contributed by atoms with van der Waals surface area (Å²) in [6.07, 6.45) is 4.62. The first-order valence-corrected chi connectivity index (χ1v) is 5.72. The van der Waals surface area contributed by atoms with Gasteiger partial charge in [-0.3, -0.25) is 0 Å². The summed E-state index contributed by atoms with van der Waals surface area (Å²) in [7, 11) is 1.70. The van der Waals surface area contributed by atoms with Crippen LogP contribution in [0.5, 0.6) is 0 Å². The maximum Gasteiger partial charge on any atom is 0.0883 e. The Labute approximate surface area is 92.3 Å². The molecule has 0 aliphatic heterocycles. The van der Waals surface area contributed by atoms with Crippen LogP contribution in [-0.4, -0.2) is 31.3 Å². The highest BCUT2D eigenvalue weighted by molar-refractivity contribution is 4.83. The van der Waals surface area contributed by atoms with Crippen LogP contribution in [0.2, 0.25) is 0 Å². The second kappa shape index (κ2) is 5.56. The summed E-state index contributed by atoms with van der Waals surface area (Å²) < 4.78 is 5.27. The summed E-state index contributed by atoms with van der Waals surface area (Å²) in [6.45, 7) is 4.62. The zero-order valence-corrected chi connectivity index (χ0v) is 10.1. The Morgan fingerprint density at radius 1 is 1.33 bits per heavy atom. The van der Waals surface area contributed by atoms with Crippen LogP contribution >= 0.6 is 0 Å². The summed E-state index contributed by atoms with van der Waals surface area (Å²) in [6, 6.07) is 0.430. The van der Waals surface area contributed by atoms with Gasteiger partial charge in [0.2, 0.25) is 0 Å². The smallest absolute Gasteiger partial charge is 0.0883 e. The topological polar surface area (TPSA) is 60.0 Å². The van der Waals surface area contributed by atoms with E-state index in [1.54, 1.807) is 7.11 Å². The van der Waals surface area contributed by atoms with E-state index < -0.39 is 0 Å². The van der Waals surface area contributed by atoms with Crippen molar-refractivity contribution < 1.29 is 4.74 Å². The first-order chi connectivity index (χ1) is 7.05. The number of rotatable bonds is 4. The first kappa shape index (κ1) is 12.6. The molecule has 0 aromatic heterocycles. The summed E-state index contributed by atoms with van der Waals surface area (Å²) in [5.41, 5.74) is 5.76. The van der Waals surface area contributed by atoms with E-state index in [4.69, 9.17) is 10.5 Å². The molecule has 0 amide bonds. The molecule has 0 radical (unpaired) electrons. The summed E-state index contributed by atoms with van der Waals surface area (Å²) in [5.74, 6) is 0. The van der Waals surface area contributed by atoms with E-state index in [-0.39, 0.29) is 17.7 Å². The molecule has 1 saturated carbocycles. The quantitative estimate of drug-likeness (QED) is 0.727. The molecule has 0 saturated heterocycles. The molecule has 4 heteroatoms. The number of hydrogen-bond donors (Lipinski definition) is 1. The number of ether oxygens (including phenoxy) is 1. The van der Waals surface area contributed by atoms with Crippen LogP contribution in [0.15, 0.2) is 10.2 Å². The molecule has 0 heterocycles. The molecular weight excluding hydrogens is 190 g/mol. The number of methoxy groups -OCH3 is 1. The first-order valence-electron chi connectivity index (χ1n) is 5.72. The molecule has 0 bridgehead atoms. The predicted molar refractivity (Wildman–Crippen MR) is 61.0 cm³/mol. The van der Waals surface area contributed by atoms with E-state index >= 15 is 0 Å². The van der Waals surface area contributed by atoms with E-state index in [1.165, 1.54) is 12.8 Å². The molecule has 15 heavy (non-hydrogen) atoms. The van der Waals surface area contributed by atoms with Crippen molar-refractivity contribution in [2.75, 3.05) is 13.7 Å². The minimum atomic E-state index is -0.220. The van der Waals surface area contributed by atoms with Gasteiger partial charge < -0.3 is 10.5 Å². The molecule has 88 valence electrons. The van der Waals surface area contributed by atoms with Crippen LogP contribution in [0.3, 0.4) is 0 Å². The van der Waals surface area contributed by atoms with E-state index in [9.17, 15) is 0 Å². The number of hydrogen-bond acceptors (Lipinski definition) is 4. The maximum atomic E-state index is 5.98. The Kier molecular flexibility index (Phi) is 4.67. The van der Waals surface area contributed by atoms with Gasteiger partial charge in [-0.2, -0.15) is 10.2 Å². The molecule has 0 aromatic rings. The maximum absolute atomic E-state index is 5.98. The molecule has 2 atom stereocenters. The number of nitrogens with zero attached hydrogens (tertiary/aromatic N) is 2. The third-order valence-corrected chi connectivity index (χ3v) is 3.02. The molecule has 1 aliphatic carbocycles. The third kappa shape index (κ3) is 4.26. The third-order valence-electron chi connectivity index (χ3n) is 3.02. The fourth-order valence-electron chi connectivity index (χ4n) is 1.66. The van der Waals surface area contributed by atoms with Crippen molar-refractivity contribution in [3.8, 4) is 0 Å². The predicted octanol–water partition coefficient (Wildman–Crippen LogP) is 2.13. The largest absolute Gasteiger partial charge is 0.377 e. The fraction of sp³-hybridized carbons (Fsp3) is 1.00. The van der Waals surface area contributed by atoms with Gasteiger partial charge in [0.05, 0.1) is 18.2 Å². The molecule has 1 rings (SSSR count). The van der Waals surface area contributed by atoms with Gasteiger partial charge in [0.15, 0.2) is 0 Å². The van der Waals surface area contributed by atoms with Gasteiger partial charge in [0.25, 0.3) is 0 Å². The Morgan fingerprint density at radius 2 is 2.00 bits per heavy atom. The molecule has 4 nitrogen and oxygen atoms in total. The molecule has 0 spiro atoms. The van der Waals surface area contributed by atoms with Crippen molar-refractivity contribution in [1.29, 1.82) is 0 Å². The number of azo groups is 1. The van der Waals surface area contributed by atoms with Gasteiger partial charge >= 0.3 is 0 Å². The minimum absolute atomic E-state index is 0.202. The van der Waals surface area contributed by atoms with Crippen LogP contribution in [0, 0.1) is 0 Å². The molecular formula is C11H23N3O. The van der Waals surface area contributed by atoms with Crippen LogP contribution < -0.4 is 5.73 Å². The average Bonchev–Trinajstić information content (AvgIpc) is 2.21. The lowest BCUT2D eigenvalue weighted by atomic mass is 9.92.